The summed E-state index contributed by atoms with van der Waals surface area (Å²) in [5.74, 6) is 0.0575. The molecule has 0 aliphatic rings. The number of hydrogen-bond acceptors (Lipinski definition) is 2. The first kappa shape index (κ1) is 12.7. The summed E-state index contributed by atoms with van der Waals surface area (Å²) in [6, 6.07) is 5.30. The second kappa shape index (κ2) is 6.26. The molecule has 0 bridgehead atoms. The number of hydrogen-bond donors (Lipinski definition) is 1. The largest absolute Gasteiger partial charge is 0.481 e. The Kier molecular flexibility index (Phi) is 5.29. The monoisotopic (exact) mass is 264 g/mol. The second-order valence-corrected chi connectivity index (χ2v) is 4.88. The van der Waals surface area contributed by atoms with E-state index in [1.54, 1.807) is 12.1 Å². The first-order valence-corrected chi connectivity index (χ1v) is 6.24. The number of thioether (sulfide) groups is 1. The molecule has 0 aliphatic carbocycles. The summed E-state index contributed by atoms with van der Waals surface area (Å²) in [4.78, 5) is 10.3. The van der Waals surface area contributed by atoms with E-state index < -0.39 is 5.97 Å². The average Bonchev–Trinajstić information content (AvgIpc) is 2.17. The fourth-order valence-corrected chi connectivity index (χ4v) is 2.17. The zero-order valence-corrected chi connectivity index (χ0v) is 10.2. The molecule has 0 atom stereocenters. The Bertz CT molecular complexity index is 355. The minimum absolute atomic E-state index is 0.123. The van der Waals surface area contributed by atoms with Gasteiger partial charge in [0.15, 0.2) is 0 Å². The van der Waals surface area contributed by atoms with Gasteiger partial charge in [-0.15, -0.1) is 11.8 Å². The van der Waals surface area contributed by atoms with Gasteiger partial charge in [0.2, 0.25) is 0 Å². The van der Waals surface area contributed by atoms with Gasteiger partial charge in [0.25, 0.3) is 0 Å². The van der Waals surface area contributed by atoms with Crippen LogP contribution < -0.4 is 0 Å². The molecule has 1 rings (SSSR count). The van der Waals surface area contributed by atoms with Crippen molar-refractivity contribution in [3.05, 3.63) is 33.8 Å². The minimum atomic E-state index is -0.794. The van der Waals surface area contributed by atoms with Gasteiger partial charge >= 0.3 is 5.97 Å². The van der Waals surface area contributed by atoms with Crippen LogP contribution in [0.3, 0.4) is 0 Å². The fourth-order valence-electron chi connectivity index (χ4n) is 1.08. The van der Waals surface area contributed by atoms with E-state index in [1.165, 1.54) is 11.8 Å². The number of carboxylic acids is 1. The van der Waals surface area contributed by atoms with E-state index in [4.69, 9.17) is 28.3 Å². The van der Waals surface area contributed by atoms with E-state index in [0.717, 1.165) is 17.7 Å². The summed E-state index contributed by atoms with van der Waals surface area (Å²) < 4.78 is 0. The third-order valence-corrected chi connectivity index (χ3v) is 3.30. The van der Waals surface area contributed by atoms with Crippen LogP contribution in [-0.4, -0.2) is 22.6 Å². The molecule has 0 saturated heterocycles. The van der Waals surface area contributed by atoms with Crippen LogP contribution in [-0.2, 0) is 11.2 Å². The van der Waals surface area contributed by atoms with Crippen LogP contribution in [0.5, 0.6) is 0 Å². The van der Waals surface area contributed by atoms with Crippen molar-refractivity contribution in [3.63, 3.8) is 0 Å². The van der Waals surface area contributed by atoms with E-state index in [-0.39, 0.29) is 5.75 Å². The molecule has 0 spiro atoms. The summed E-state index contributed by atoms with van der Waals surface area (Å²) in [6.45, 7) is 0. The van der Waals surface area contributed by atoms with Crippen LogP contribution in [0, 0.1) is 0 Å². The summed E-state index contributed by atoms with van der Waals surface area (Å²) >= 11 is 13.1. The second-order valence-electron chi connectivity index (χ2n) is 2.93. The lowest BCUT2D eigenvalue weighted by atomic mass is 10.2. The van der Waals surface area contributed by atoms with Crippen molar-refractivity contribution in [2.24, 2.45) is 0 Å². The lowest BCUT2D eigenvalue weighted by Gasteiger charge is -2.03. The molecule has 1 N–H and O–H groups in total. The van der Waals surface area contributed by atoms with Crippen LogP contribution in [0.2, 0.25) is 10.0 Å². The standard InChI is InChI=1S/C10H10Cl2O2S/c11-8-1-2-9(12)7(5-8)3-4-15-6-10(13)14/h1-2,5H,3-4,6H2,(H,13,14). The third kappa shape index (κ3) is 4.78. The van der Waals surface area contributed by atoms with Crippen molar-refractivity contribution in [2.75, 3.05) is 11.5 Å². The molecule has 0 amide bonds. The Hall–Kier alpha value is -0.380. The Morgan fingerprint density at radius 2 is 2.13 bits per heavy atom. The molecule has 82 valence electrons. The number of halogens is 2. The maximum Gasteiger partial charge on any atom is 0.313 e. The smallest absolute Gasteiger partial charge is 0.313 e. The van der Waals surface area contributed by atoms with E-state index in [0.29, 0.717) is 10.0 Å². The van der Waals surface area contributed by atoms with Crippen molar-refractivity contribution in [1.82, 2.24) is 0 Å². The van der Waals surface area contributed by atoms with Crippen molar-refractivity contribution in [3.8, 4) is 0 Å². The summed E-state index contributed by atoms with van der Waals surface area (Å²) in [5.41, 5.74) is 0.960. The van der Waals surface area contributed by atoms with Crippen molar-refractivity contribution >= 4 is 40.9 Å². The highest BCUT2D eigenvalue weighted by atomic mass is 35.5. The highest BCUT2D eigenvalue weighted by Crippen LogP contribution is 2.22. The van der Waals surface area contributed by atoms with E-state index in [2.05, 4.69) is 0 Å². The van der Waals surface area contributed by atoms with Gasteiger partial charge in [0.05, 0.1) is 5.75 Å². The molecule has 0 unspecified atom stereocenters. The molecule has 0 aromatic heterocycles. The molecule has 5 heteroatoms. The third-order valence-electron chi connectivity index (χ3n) is 1.75. The lowest BCUT2D eigenvalue weighted by molar-refractivity contribution is -0.133. The average molecular weight is 265 g/mol. The Labute approximate surface area is 103 Å². The number of rotatable bonds is 5. The highest BCUT2D eigenvalue weighted by molar-refractivity contribution is 7.99. The maximum atomic E-state index is 10.3. The topological polar surface area (TPSA) is 37.3 Å². The van der Waals surface area contributed by atoms with Gasteiger partial charge in [-0.05, 0) is 35.9 Å². The molecule has 15 heavy (non-hydrogen) atoms. The normalized spacial score (nSPS) is 10.3. The number of carboxylic acid groups (broad SMARTS) is 1. The van der Waals surface area contributed by atoms with Crippen LogP contribution in [0.1, 0.15) is 5.56 Å². The molecular formula is C10H10Cl2O2S. The molecule has 0 radical (unpaired) electrons. The molecule has 0 aliphatic heterocycles. The van der Waals surface area contributed by atoms with Crippen LogP contribution in [0.25, 0.3) is 0 Å². The Morgan fingerprint density at radius 1 is 1.40 bits per heavy atom. The number of carbonyl (C=O) groups is 1. The number of benzene rings is 1. The first-order valence-electron chi connectivity index (χ1n) is 4.33. The highest BCUT2D eigenvalue weighted by Gasteiger charge is 2.02. The van der Waals surface area contributed by atoms with E-state index in [9.17, 15) is 4.79 Å². The predicted octanol–water partition coefficient (Wildman–Crippen LogP) is 3.35. The molecular weight excluding hydrogens is 255 g/mol. The van der Waals surface area contributed by atoms with Gasteiger partial charge < -0.3 is 5.11 Å². The first-order chi connectivity index (χ1) is 7.09. The molecule has 0 saturated carbocycles. The van der Waals surface area contributed by atoms with Crippen LogP contribution >= 0.6 is 35.0 Å². The number of aliphatic carboxylic acids is 1. The molecule has 2 nitrogen and oxygen atoms in total. The van der Waals surface area contributed by atoms with Crippen molar-refractivity contribution in [2.45, 2.75) is 6.42 Å². The zero-order valence-electron chi connectivity index (χ0n) is 7.87. The van der Waals surface area contributed by atoms with Gasteiger partial charge in [-0.2, -0.15) is 0 Å². The van der Waals surface area contributed by atoms with Crippen molar-refractivity contribution in [1.29, 1.82) is 0 Å². The van der Waals surface area contributed by atoms with E-state index in [1.807, 2.05) is 6.07 Å². The van der Waals surface area contributed by atoms with E-state index >= 15 is 0 Å². The summed E-state index contributed by atoms with van der Waals surface area (Å²) in [5, 5.41) is 9.77. The van der Waals surface area contributed by atoms with Gasteiger partial charge in [-0.25, -0.2) is 0 Å². The minimum Gasteiger partial charge on any atom is -0.481 e. The maximum absolute atomic E-state index is 10.3. The SMILES string of the molecule is O=C(O)CSCCc1cc(Cl)ccc1Cl. The van der Waals surface area contributed by atoms with Gasteiger partial charge in [-0.3, -0.25) is 4.79 Å². The summed E-state index contributed by atoms with van der Waals surface area (Å²) in [7, 11) is 0. The molecule has 1 aromatic rings. The van der Waals surface area contributed by atoms with Crippen molar-refractivity contribution < 1.29 is 9.90 Å². The molecule has 0 heterocycles. The Morgan fingerprint density at radius 3 is 2.80 bits per heavy atom. The van der Waals surface area contributed by atoms with Gasteiger partial charge in [-0.1, -0.05) is 23.2 Å². The lowest BCUT2D eigenvalue weighted by Crippen LogP contribution is -2.00. The van der Waals surface area contributed by atoms with Crippen LogP contribution in [0.15, 0.2) is 18.2 Å². The predicted molar refractivity (Wildman–Crippen MR) is 65.1 cm³/mol. The van der Waals surface area contributed by atoms with Gasteiger partial charge in [0.1, 0.15) is 0 Å². The molecule has 1 aromatic carbocycles. The Balaban J connectivity index is 2.43. The summed E-state index contributed by atoms with van der Waals surface area (Å²) in [6.07, 6.45) is 0.733. The van der Waals surface area contributed by atoms with Crippen LogP contribution in [0.4, 0.5) is 0 Å². The quantitative estimate of drug-likeness (QED) is 0.829. The number of aryl methyl sites for hydroxylation is 1. The zero-order chi connectivity index (χ0) is 11.3. The molecule has 0 fully saturated rings. The van der Waals surface area contributed by atoms with Gasteiger partial charge in [0, 0.05) is 10.0 Å². The fraction of sp³-hybridized carbons (Fsp3) is 0.300.